The second-order valence-electron chi connectivity index (χ2n) is 6.35. The van der Waals surface area contributed by atoms with Gasteiger partial charge in [0.25, 0.3) is 0 Å². The van der Waals surface area contributed by atoms with E-state index in [4.69, 9.17) is 4.74 Å². The van der Waals surface area contributed by atoms with E-state index in [-0.39, 0.29) is 6.03 Å². The van der Waals surface area contributed by atoms with E-state index in [1.165, 1.54) is 18.4 Å². The molecule has 1 aliphatic carbocycles. The van der Waals surface area contributed by atoms with E-state index < -0.39 is 0 Å². The molecule has 1 saturated carbocycles. The van der Waals surface area contributed by atoms with E-state index in [1.54, 1.807) is 7.11 Å². The van der Waals surface area contributed by atoms with Crippen LogP contribution in [-0.2, 0) is 6.42 Å². The van der Waals surface area contributed by atoms with Gasteiger partial charge in [-0.05, 0) is 55.7 Å². The lowest BCUT2D eigenvalue weighted by Gasteiger charge is -2.33. The van der Waals surface area contributed by atoms with Gasteiger partial charge in [0.1, 0.15) is 5.75 Å². The molecule has 0 unspecified atom stereocenters. The first kappa shape index (κ1) is 16.7. The highest BCUT2D eigenvalue weighted by molar-refractivity contribution is 5.74. The maximum atomic E-state index is 12.2. The van der Waals surface area contributed by atoms with Gasteiger partial charge in [-0.1, -0.05) is 19.1 Å². The summed E-state index contributed by atoms with van der Waals surface area (Å²) in [6.45, 7) is 2.96. The van der Waals surface area contributed by atoms with Crippen LogP contribution in [0.3, 0.4) is 0 Å². The van der Waals surface area contributed by atoms with Crippen molar-refractivity contribution in [1.82, 2.24) is 10.2 Å². The molecule has 122 valence electrons. The molecule has 4 nitrogen and oxygen atoms in total. The molecule has 1 N–H and O–H groups in total. The molecule has 0 aliphatic heterocycles. The monoisotopic (exact) mass is 304 g/mol. The summed E-state index contributed by atoms with van der Waals surface area (Å²) < 4.78 is 5.14. The van der Waals surface area contributed by atoms with E-state index >= 15 is 0 Å². The zero-order valence-corrected chi connectivity index (χ0v) is 14.0. The van der Waals surface area contributed by atoms with Crippen molar-refractivity contribution < 1.29 is 9.53 Å². The quantitative estimate of drug-likeness (QED) is 0.905. The SMILES string of the molecule is COc1ccc(CCNC(=O)N(C)C2CCC(C)CC2)cc1. The van der Waals surface area contributed by atoms with Gasteiger partial charge in [0.05, 0.1) is 7.11 Å². The Balaban J connectivity index is 1.72. The smallest absolute Gasteiger partial charge is 0.317 e. The van der Waals surface area contributed by atoms with Crippen LogP contribution in [-0.4, -0.2) is 37.7 Å². The Hall–Kier alpha value is -1.71. The summed E-state index contributed by atoms with van der Waals surface area (Å²) in [5.74, 6) is 1.67. The molecule has 4 heteroatoms. The Kier molecular flexibility index (Phi) is 6.10. The fourth-order valence-corrected chi connectivity index (χ4v) is 3.03. The van der Waals surface area contributed by atoms with Crippen molar-refractivity contribution in [2.75, 3.05) is 20.7 Å². The number of amides is 2. The molecule has 22 heavy (non-hydrogen) atoms. The summed E-state index contributed by atoms with van der Waals surface area (Å²) in [5.41, 5.74) is 1.20. The average molecular weight is 304 g/mol. The third-order valence-electron chi connectivity index (χ3n) is 4.70. The van der Waals surface area contributed by atoms with Gasteiger partial charge in [0, 0.05) is 19.6 Å². The van der Waals surface area contributed by atoms with E-state index in [1.807, 2.05) is 36.2 Å². The van der Waals surface area contributed by atoms with Crippen LogP contribution in [0.15, 0.2) is 24.3 Å². The van der Waals surface area contributed by atoms with Gasteiger partial charge >= 0.3 is 6.03 Å². The largest absolute Gasteiger partial charge is 0.497 e. The lowest BCUT2D eigenvalue weighted by Crippen LogP contribution is -2.45. The molecular weight excluding hydrogens is 276 g/mol. The van der Waals surface area contributed by atoms with Gasteiger partial charge < -0.3 is 15.0 Å². The van der Waals surface area contributed by atoms with Crippen LogP contribution in [0.4, 0.5) is 4.79 Å². The molecular formula is C18H28N2O2. The number of methoxy groups -OCH3 is 1. The summed E-state index contributed by atoms with van der Waals surface area (Å²) in [6, 6.07) is 8.43. The minimum atomic E-state index is 0.0491. The van der Waals surface area contributed by atoms with Crippen molar-refractivity contribution in [3.05, 3.63) is 29.8 Å². The molecule has 0 aromatic heterocycles. The normalized spacial score (nSPS) is 21.2. The van der Waals surface area contributed by atoms with Gasteiger partial charge in [-0.2, -0.15) is 0 Å². The second kappa shape index (κ2) is 8.06. The predicted molar refractivity (Wildman–Crippen MR) is 89.3 cm³/mol. The van der Waals surface area contributed by atoms with Crippen LogP contribution in [0.2, 0.25) is 0 Å². The van der Waals surface area contributed by atoms with Crippen LogP contribution in [0.1, 0.15) is 38.2 Å². The molecule has 1 aromatic rings. The number of nitrogens with one attached hydrogen (secondary N) is 1. The van der Waals surface area contributed by atoms with Crippen LogP contribution >= 0.6 is 0 Å². The van der Waals surface area contributed by atoms with Crippen LogP contribution in [0.5, 0.6) is 5.75 Å². The minimum Gasteiger partial charge on any atom is -0.497 e. The van der Waals surface area contributed by atoms with Crippen molar-refractivity contribution >= 4 is 6.03 Å². The first-order valence-electron chi connectivity index (χ1n) is 8.23. The number of carbonyl (C=O) groups excluding carboxylic acids is 1. The van der Waals surface area contributed by atoms with E-state index in [2.05, 4.69) is 12.2 Å². The first-order valence-corrected chi connectivity index (χ1v) is 8.23. The fourth-order valence-electron chi connectivity index (χ4n) is 3.03. The summed E-state index contributed by atoms with van der Waals surface area (Å²) in [6.07, 6.45) is 5.56. The Labute approximate surface area is 133 Å². The Morgan fingerprint density at radius 2 is 1.86 bits per heavy atom. The van der Waals surface area contributed by atoms with Gasteiger partial charge in [0.15, 0.2) is 0 Å². The number of carbonyl (C=O) groups is 1. The van der Waals surface area contributed by atoms with Gasteiger partial charge in [-0.3, -0.25) is 0 Å². The van der Waals surface area contributed by atoms with E-state index in [0.717, 1.165) is 30.9 Å². The highest BCUT2D eigenvalue weighted by atomic mass is 16.5. The van der Waals surface area contributed by atoms with Crippen molar-refractivity contribution in [2.45, 2.75) is 45.1 Å². The molecule has 0 heterocycles. The molecule has 0 radical (unpaired) electrons. The van der Waals surface area contributed by atoms with Crippen LogP contribution in [0.25, 0.3) is 0 Å². The summed E-state index contributed by atoms with van der Waals surface area (Å²) in [4.78, 5) is 14.1. The second-order valence-corrected chi connectivity index (χ2v) is 6.35. The summed E-state index contributed by atoms with van der Waals surface area (Å²) in [7, 11) is 3.58. The van der Waals surface area contributed by atoms with Gasteiger partial charge in [-0.15, -0.1) is 0 Å². The molecule has 1 aromatic carbocycles. The van der Waals surface area contributed by atoms with Crippen molar-refractivity contribution in [1.29, 1.82) is 0 Å². The molecule has 0 spiro atoms. The highest BCUT2D eigenvalue weighted by Gasteiger charge is 2.24. The number of hydrogen-bond acceptors (Lipinski definition) is 2. The summed E-state index contributed by atoms with van der Waals surface area (Å²) in [5, 5.41) is 3.02. The summed E-state index contributed by atoms with van der Waals surface area (Å²) >= 11 is 0. The zero-order valence-electron chi connectivity index (χ0n) is 14.0. The zero-order chi connectivity index (χ0) is 15.9. The molecule has 1 fully saturated rings. The standard InChI is InChI=1S/C18H28N2O2/c1-14-4-8-16(9-5-14)20(2)18(21)19-13-12-15-6-10-17(22-3)11-7-15/h6-7,10-11,14,16H,4-5,8-9,12-13H2,1-3H3,(H,19,21). The Morgan fingerprint density at radius 1 is 1.23 bits per heavy atom. The minimum absolute atomic E-state index is 0.0491. The van der Waals surface area contributed by atoms with Crippen molar-refractivity contribution in [2.24, 2.45) is 5.92 Å². The highest BCUT2D eigenvalue weighted by Crippen LogP contribution is 2.26. The number of ether oxygens (including phenoxy) is 1. The molecule has 0 bridgehead atoms. The van der Waals surface area contributed by atoms with Crippen LogP contribution < -0.4 is 10.1 Å². The lowest BCUT2D eigenvalue weighted by molar-refractivity contribution is 0.164. The lowest BCUT2D eigenvalue weighted by atomic mass is 9.87. The molecule has 0 atom stereocenters. The first-order chi connectivity index (χ1) is 10.6. The Morgan fingerprint density at radius 3 is 2.45 bits per heavy atom. The Bertz CT molecular complexity index is 464. The van der Waals surface area contributed by atoms with Gasteiger partial charge in [0.2, 0.25) is 0 Å². The van der Waals surface area contributed by atoms with Crippen molar-refractivity contribution in [3.63, 3.8) is 0 Å². The number of urea groups is 1. The topological polar surface area (TPSA) is 41.6 Å². The molecule has 2 rings (SSSR count). The maximum Gasteiger partial charge on any atom is 0.317 e. The predicted octanol–water partition coefficient (Wildman–Crippen LogP) is 3.46. The number of rotatable bonds is 5. The molecule has 1 aliphatic rings. The number of benzene rings is 1. The fraction of sp³-hybridized carbons (Fsp3) is 0.611. The van der Waals surface area contributed by atoms with E-state index in [9.17, 15) is 4.79 Å². The molecule has 0 saturated heterocycles. The maximum absolute atomic E-state index is 12.2. The van der Waals surface area contributed by atoms with E-state index in [0.29, 0.717) is 12.6 Å². The number of nitrogens with zero attached hydrogens (tertiary/aromatic N) is 1. The van der Waals surface area contributed by atoms with Crippen LogP contribution in [0, 0.1) is 5.92 Å². The van der Waals surface area contributed by atoms with Crippen molar-refractivity contribution in [3.8, 4) is 5.75 Å². The van der Waals surface area contributed by atoms with Gasteiger partial charge in [-0.25, -0.2) is 4.79 Å². The average Bonchev–Trinajstić information content (AvgIpc) is 2.55. The molecule has 2 amide bonds. The third kappa shape index (κ3) is 4.65. The number of hydrogen-bond donors (Lipinski definition) is 1. The third-order valence-corrected chi connectivity index (χ3v) is 4.70.